The van der Waals surface area contributed by atoms with E-state index in [9.17, 15) is 13.2 Å². The van der Waals surface area contributed by atoms with Crippen molar-refractivity contribution in [1.29, 1.82) is 0 Å². The van der Waals surface area contributed by atoms with Crippen molar-refractivity contribution in [2.24, 2.45) is 0 Å². The van der Waals surface area contributed by atoms with Gasteiger partial charge in [0.15, 0.2) is 11.5 Å². The van der Waals surface area contributed by atoms with Crippen LogP contribution in [-0.4, -0.2) is 51.7 Å². The van der Waals surface area contributed by atoms with E-state index in [4.69, 9.17) is 14.2 Å². The van der Waals surface area contributed by atoms with E-state index in [1.807, 2.05) is 6.92 Å². The molecule has 29 heavy (non-hydrogen) atoms. The van der Waals surface area contributed by atoms with Gasteiger partial charge in [0.1, 0.15) is 0 Å². The van der Waals surface area contributed by atoms with Crippen molar-refractivity contribution in [3.8, 4) is 11.5 Å². The van der Waals surface area contributed by atoms with E-state index >= 15 is 0 Å². The monoisotopic (exact) mass is 418 g/mol. The number of hydrogen-bond donors (Lipinski definition) is 1. The number of benzene rings is 2. The van der Waals surface area contributed by atoms with Crippen LogP contribution in [0.5, 0.6) is 11.5 Å². The Morgan fingerprint density at radius 3 is 2.48 bits per heavy atom. The maximum Gasteiger partial charge on any atom is 0.255 e. The Kier molecular flexibility index (Phi) is 5.20. The van der Waals surface area contributed by atoms with Crippen LogP contribution in [0, 0.1) is 13.8 Å². The number of fused-ring (bicyclic) bond motifs is 1. The first kappa shape index (κ1) is 19.7. The molecule has 1 fully saturated rings. The molecule has 0 aromatic heterocycles. The van der Waals surface area contributed by atoms with Gasteiger partial charge in [0.05, 0.1) is 18.1 Å². The third-order valence-electron chi connectivity index (χ3n) is 4.99. The van der Waals surface area contributed by atoms with Gasteiger partial charge >= 0.3 is 0 Å². The molecule has 0 saturated carbocycles. The number of nitrogens with zero attached hydrogens (tertiary/aromatic N) is 1. The first-order chi connectivity index (χ1) is 13.9. The highest BCUT2D eigenvalue weighted by molar-refractivity contribution is 7.89. The second-order valence-electron chi connectivity index (χ2n) is 6.97. The summed E-state index contributed by atoms with van der Waals surface area (Å²) in [6.45, 7) is 5.08. The number of carbonyl (C=O) groups is 1. The quantitative estimate of drug-likeness (QED) is 0.819. The normalized spacial score (nSPS) is 16.6. The van der Waals surface area contributed by atoms with Crippen LogP contribution in [0.25, 0.3) is 0 Å². The summed E-state index contributed by atoms with van der Waals surface area (Å²) in [6, 6.07) is 8.21. The van der Waals surface area contributed by atoms with Gasteiger partial charge in [-0.3, -0.25) is 4.79 Å². The Morgan fingerprint density at radius 1 is 1.00 bits per heavy atom. The molecule has 1 saturated heterocycles. The van der Waals surface area contributed by atoms with Crippen molar-refractivity contribution in [2.45, 2.75) is 18.7 Å². The summed E-state index contributed by atoms with van der Waals surface area (Å²) >= 11 is 0. The average Bonchev–Trinajstić information content (AvgIpc) is 3.18. The number of rotatable bonds is 4. The molecule has 0 bridgehead atoms. The van der Waals surface area contributed by atoms with E-state index < -0.39 is 10.0 Å². The lowest BCUT2D eigenvalue weighted by Crippen LogP contribution is -2.40. The van der Waals surface area contributed by atoms with Gasteiger partial charge in [-0.05, 0) is 49.2 Å². The lowest BCUT2D eigenvalue weighted by Gasteiger charge is -2.27. The molecule has 2 aromatic carbocycles. The summed E-state index contributed by atoms with van der Waals surface area (Å²) in [5.41, 5.74) is 2.25. The van der Waals surface area contributed by atoms with Gasteiger partial charge in [0.2, 0.25) is 16.8 Å². The predicted octanol–water partition coefficient (Wildman–Crippen LogP) is 2.31. The van der Waals surface area contributed by atoms with Crippen molar-refractivity contribution in [2.75, 3.05) is 38.4 Å². The Balaban J connectivity index is 1.62. The minimum atomic E-state index is -3.67. The number of nitrogens with one attached hydrogen (secondary N) is 1. The lowest BCUT2D eigenvalue weighted by atomic mass is 10.1. The molecule has 2 heterocycles. The Morgan fingerprint density at radius 2 is 1.72 bits per heavy atom. The molecule has 0 spiro atoms. The van der Waals surface area contributed by atoms with Crippen LogP contribution in [0.2, 0.25) is 0 Å². The fourth-order valence-corrected chi connectivity index (χ4v) is 5.04. The van der Waals surface area contributed by atoms with Crippen LogP contribution < -0.4 is 14.8 Å². The van der Waals surface area contributed by atoms with Crippen LogP contribution in [0.4, 0.5) is 5.69 Å². The molecule has 0 aliphatic carbocycles. The molecule has 0 unspecified atom stereocenters. The van der Waals surface area contributed by atoms with E-state index in [1.54, 1.807) is 31.2 Å². The number of sulfonamides is 1. The van der Waals surface area contributed by atoms with Gasteiger partial charge in [-0.25, -0.2) is 8.42 Å². The maximum absolute atomic E-state index is 13.1. The summed E-state index contributed by atoms with van der Waals surface area (Å²) in [5.74, 6) is 0.741. The lowest BCUT2D eigenvalue weighted by molar-refractivity contribution is 0.0730. The van der Waals surface area contributed by atoms with E-state index in [0.29, 0.717) is 54.6 Å². The molecule has 1 N–H and O–H groups in total. The van der Waals surface area contributed by atoms with Crippen molar-refractivity contribution in [1.82, 2.24) is 4.31 Å². The summed E-state index contributed by atoms with van der Waals surface area (Å²) in [5, 5.41) is 2.82. The fraction of sp³-hybridized carbons (Fsp3) is 0.350. The Labute approximate surface area is 169 Å². The predicted molar refractivity (Wildman–Crippen MR) is 106 cm³/mol. The summed E-state index contributed by atoms with van der Waals surface area (Å²) in [4.78, 5) is 12.9. The van der Waals surface area contributed by atoms with Crippen LogP contribution in [0.15, 0.2) is 35.2 Å². The molecule has 9 heteroatoms. The number of ether oxygens (including phenoxy) is 3. The minimum Gasteiger partial charge on any atom is -0.454 e. The van der Waals surface area contributed by atoms with Gasteiger partial charge in [-0.15, -0.1) is 0 Å². The van der Waals surface area contributed by atoms with Crippen molar-refractivity contribution in [3.63, 3.8) is 0 Å². The molecule has 1 amide bonds. The summed E-state index contributed by atoms with van der Waals surface area (Å²) < 4.78 is 43.4. The van der Waals surface area contributed by atoms with Crippen molar-refractivity contribution < 1.29 is 27.4 Å². The topological polar surface area (TPSA) is 94.2 Å². The maximum atomic E-state index is 13.1. The number of anilines is 1. The molecule has 8 nitrogen and oxygen atoms in total. The number of carbonyl (C=O) groups excluding carboxylic acids is 1. The largest absolute Gasteiger partial charge is 0.454 e. The van der Waals surface area contributed by atoms with E-state index in [0.717, 1.165) is 5.56 Å². The zero-order valence-electron chi connectivity index (χ0n) is 16.2. The third-order valence-corrected chi connectivity index (χ3v) is 7.03. The molecule has 154 valence electrons. The molecule has 2 aliphatic heterocycles. The van der Waals surface area contributed by atoms with Crippen LogP contribution in [-0.2, 0) is 14.8 Å². The summed E-state index contributed by atoms with van der Waals surface area (Å²) in [6.07, 6.45) is 0. The zero-order chi connectivity index (χ0) is 20.6. The van der Waals surface area contributed by atoms with Crippen LogP contribution in [0.3, 0.4) is 0 Å². The molecule has 4 rings (SSSR count). The highest BCUT2D eigenvalue weighted by Gasteiger charge is 2.28. The fourth-order valence-electron chi connectivity index (χ4n) is 3.40. The van der Waals surface area contributed by atoms with E-state index in [1.165, 1.54) is 10.4 Å². The van der Waals surface area contributed by atoms with E-state index in [2.05, 4.69) is 5.32 Å². The highest BCUT2D eigenvalue weighted by atomic mass is 32.2. The van der Waals surface area contributed by atoms with E-state index in [-0.39, 0.29) is 17.6 Å². The molecule has 2 aliphatic rings. The Hall–Kier alpha value is -2.62. The van der Waals surface area contributed by atoms with Crippen LogP contribution >= 0.6 is 0 Å². The Bertz CT molecular complexity index is 1060. The molecule has 0 radical (unpaired) electrons. The molecular formula is C20H22N2O6S. The third kappa shape index (κ3) is 3.81. The van der Waals surface area contributed by atoms with Gasteiger partial charge in [-0.1, -0.05) is 6.07 Å². The molecular weight excluding hydrogens is 396 g/mol. The van der Waals surface area contributed by atoms with Gasteiger partial charge < -0.3 is 19.5 Å². The number of morpholine rings is 1. The molecule has 2 aromatic rings. The van der Waals surface area contributed by atoms with Gasteiger partial charge in [0.25, 0.3) is 5.91 Å². The van der Waals surface area contributed by atoms with Gasteiger partial charge in [0, 0.05) is 24.3 Å². The smallest absolute Gasteiger partial charge is 0.255 e. The van der Waals surface area contributed by atoms with Crippen molar-refractivity contribution in [3.05, 3.63) is 47.0 Å². The highest BCUT2D eigenvalue weighted by Crippen LogP contribution is 2.33. The van der Waals surface area contributed by atoms with Gasteiger partial charge in [-0.2, -0.15) is 4.31 Å². The van der Waals surface area contributed by atoms with Crippen molar-refractivity contribution >= 4 is 21.6 Å². The number of aryl methyl sites for hydroxylation is 2. The standard InChI is InChI=1S/C20H22N2O6S/c1-13-9-14(2)19(29(24,25)22-5-7-26-8-6-22)11-16(13)21-20(23)15-3-4-17-18(10-15)28-12-27-17/h3-4,9-11H,5-8,12H2,1-2H3,(H,21,23). The first-order valence-electron chi connectivity index (χ1n) is 9.26. The van der Waals surface area contributed by atoms with Crippen LogP contribution in [0.1, 0.15) is 21.5 Å². The zero-order valence-corrected chi connectivity index (χ0v) is 17.0. The number of hydrogen-bond acceptors (Lipinski definition) is 6. The second-order valence-corrected chi connectivity index (χ2v) is 8.88. The second kappa shape index (κ2) is 7.66. The first-order valence-corrected chi connectivity index (χ1v) is 10.7. The SMILES string of the molecule is Cc1cc(C)c(S(=O)(=O)N2CCOCC2)cc1NC(=O)c1ccc2c(c1)OCO2. The summed E-state index contributed by atoms with van der Waals surface area (Å²) in [7, 11) is -3.67. The number of amides is 1. The minimum absolute atomic E-state index is 0.125. The molecule has 0 atom stereocenters. The average molecular weight is 418 g/mol.